The summed E-state index contributed by atoms with van der Waals surface area (Å²) in [6.07, 6.45) is 0. The number of rotatable bonds is 3. The van der Waals surface area contributed by atoms with Crippen LogP contribution in [0.25, 0.3) is 0 Å². The summed E-state index contributed by atoms with van der Waals surface area (Å²) < 4.78 is 26.1. The highest BCUT2D eigenvalue weighted by Gasteiger charge is 2.25. The average Bonchev–Trinajstić information content (AvgIpc) is 2.18. The zero-order valence-electron chi connectivity index (χ0n) is 8.33. The number of amides is 1. The molecule has 1 rings (SSSR count). The van der Waals surface area contributed by atoms with Gasteiger partial charge in [-0.15, -0.1) is 0 Å². The van der Waals surface area contributed by atoms with Crippen LogP contribution in [0, 0.1) is 11.6 Å². The Balaban J connectivity index is 3.16. The van der Waals surface area contributed by atoms with Crippen LogP contribution < -0.4 is 5.32 Å². The molecule has 0 aliphatic rings. The monoisotopic (exact) mass is 229 g/mol. The summed E-state index contributed by atoms with van der Waals surface area (Å²) >= 11 is 0. The molecule has 1 atom stereocenters. The first-order valence-electron chi connectivity index (χ1n) is 4.37. The SMILES string of the molecule is CC(=O)NC(C(=O)O)c1cccc(F)c1F. The van der Waals surface area contributed by atoms with E-state index in [1.165, 1.54) is 6.07 Å². The fraction of sp³-hybridized carbons (Fsp3) is 0.200. The molecule has 0 saturated heterocycles. The van der Waals surface area contributed by atoms with Crippen molar-refractivity contribution in [3.63, 3.8) is 0 Å². The minimum atomic E-state index is -1.59. The van der Waals surface area contributed by atoms with Crippen LogP contribution in [-0.4, -0.2) is 17.0 Å². The van der Waals surface area contributed by atoms with Crippen molar-refractivity contribution in [1.29, 1.82) is 0 Å². The quantitative estimate of drug-likeness (QED) is 0.819. The van der Waals surface area contributed by atoms with Crippen LogP contribution in [0.4, 0.5) is 8.78 Å². The van der Waals surface area contributed by atoms with Gasteiger partial charge in [-0.05, 0) is 6.07 Å². The van der Waals surface area contributed by atoms with Crippen LogP contribution in [0.3, 0.4) is 0 Å². The Labute approximate surface area is 89.9 Å². The molecular weight excluding hydrogens is 220 g/mol. The van der Waals surface area contributed by atoms with E-state index in [1.54, 1.807) is 0 Å². The smallest absolute Gasteiger partial charge is 0.331 e. The van der Waals surface area contributed by atoms with Gasteiger partial charge in [-0.1, -0.05) is 12.1 Å². The average molecular weight is 229 g/mol. The molecular formula is C10H9F2NO3. The molecule has 2 N–H and O–H groups in total. The van der Waals surface area contributed by atoms with E-state index < -0.39 is 35.1 Å². The highest BCUT2D eigenvalue weighted by molar-refractivity contribution is 5.83. The third kappa shape index (κ3) is 2.53. The lowest BCUT2D eigenvalue weighted by atomic mass is 10.1. The summed E-state index contributed by atoms with van der Waals surface area (Å²) in [5.74, 6) is -4.53. The van der Waals surface area contributed by atoms with E-state index in [2.05, 4.69) is 0 Å². The van der Waals surface area contributed by atoms with Gasteiger partial charge < -0.3 is 10.4 Å². The second-order valence-electron chi connectivity index (χ2n) is 3.11. The molecule has 1 amide bonds. The second-order valence-corrected chi connectivity index (χ2v) is 3.11. The van der Waals surface area contributed by atoms with Crippen molar-refractivity contribution in [2.45, 2.75) is 13.0 Å². The van der Waals surface area contributed by atoms with Crippen molar-refractivity contribution in [3.05, 3.63) is 35.4 Å². The maximum Gasteiger partial charge on any atom is 0.331 e. The molecule has 1 unspecified atom stereocenters. The first-order chi connectivity index (χ1) is 7.43. The number of carbonyl (C=O) groups excluding carboxylic acids is 1. The molecule has 0 bridgehead atoms. The Kier molecular flexibility index (Phi) is 3.55. The van der Waals surface area contributed by atoms with Crippen LogP contribution in [0.2, 0.25) is 0 Å². The van der Waals surface area contributed by atoms with E-state index in [1.807, 2.05) is 5.32 Å². The molecule has 16 heavy (non-hydrogen) atoms. The number of carboxylic acids is 1. The number of benzene rings is 1. The number of carbonyl (C=O) groups is 2. The summed E-state index contributed by atoms with van der Waals surface area (Å²) in [6.45, 7) is 1.09. The summed E-state index contributed by atoms with van der Waals surface area (Å²) in [4.78, 5) is 21.5. The van der Waals surface area contributed by atoms with Gasteiger partial charge in [0.25, 0.3) is 0 Å². The first kappa shape index (κ1) is 12.1. The molecule has 1 aromatic carbocycles. The third-order valence-corrected chi connectivity index (χ3v) is 1.89. The lowest BCUT2D eigenvalue weighted by Gasteiger charge is -2.14. The molecule has 0 fully saturated rings. The normalized spacial score (nSPS) is 11.9. The molecule has 0 aliphatic carbocycles. The maximum absolute atomic E-state index is 13.3. The summed E-state index contributed by atoms with van der Waals surface area (Å²) in [6, 6.07) is 1.55. The lowest BCUT2D eigenvalue weighted by Crippen LogP contribution is -2.32. The van der Waals surface area contributed by atoms with Crippen LogP contribution >= 0.6 is 0 Å². The summed E-state index contributed by atoms with van der Waals surface area (Å²) in [5.41, 5.74) is -0.414. The van der Waals surface area contributed by atoms with Crippen molar-refractivity contribution >= 4 is 11.9 Å². The number of nitrogens with one attached hydrogen (secondary N) is 1. The molecule has 1 aromatic rings. The third-order valence-electron chi connectivity index (χ3n) is 1.89. The van der Waals surface area contributed by atoms with Gasteiger partial charge in [0.05, 0.1) is 0 Å². The standard InChI is InChI=1S/C10H9F2NO3/c1-5(14)13-9(10(15)16)6-3-2-4-7(11)8(6)12/h2-4,9H,1H3,(H,13,14)(H,15,16). The highest BCUT2D eigenvalue weighted by Crippen LogP contribution is 2.19. The molecule has 4 nitrogen and oxygen atoms in total. The van der Waals surface area contributed by atoms with Gasteiger partial charge in [0.15, 0.2) is 17.7 Å². The lowest BCUT2D eigenvalue weighted by molar-refractivity contribution is -0.141. The zero-order valence-corrected chi connectivity index (χ0v) is 8.33. The summed E-state index contributed by atoms with van der Waals surface area (Å²) in [5, 5.41) is 10.8. The number of hydrogen-bond donors (Lipinski definition) is 2. The van der Waals surface area contributed by atoms with Crippen molar-refractivity contribution < 1.29 is 23.5 Å². The second kappa shape index (κ2) is 4.69. The topological polar surface area (TPSA) is 66.4 Å². The predicted octanol–water partition coefficient (Wildman–Crippen LogP) is 1.23. The molecule has 0 radical (unpaired) electrons. The molecule has 0 heterocycles. The Morgan fingerprint density at radius 1 is 1.38 bits per heavy atom. The Bertz CT molecular complexity index is 434. The minimum Gasteiger partial charge on any atom is -0.479 e. The van der Waals surface area contributed by atoms with Gasteiger partial charge in [0, 0.05) is 12.5 Å². The number of halogens is 2. The summed E-state index contributed by atoms with van der Waals surface area (Å²) in [7, 11) is 0. The van der Waals surface area contributed by atoms with Gasteiger partial charge in [-0.25, -0.2) is 13.6 Å². The van der Waals surface area contributed by atoms with E-state index in [-0.39, 0.29) is 0 Å². The highest BCUT2D eigenvalue weighted by atomic mass is 19.2. The Morgan fingerprint density at radius 2 is 2.00 bits per heavy atom. The Morgan fingerprint density at radius 3 is 2.50 bits per heavy atom. The molecule has 6 heteroatoms. The van der Waals surface area contributed by atoms with Crippen molar-refractivity contribution in [2.75, 3.05) is 0 Å². The van der Waals surface area contributed by atoms with E-state index >= 15 is 0 Å². The van der Waals surface area contributed by atoms with Gasteiger partial charge in [0.1, 0.15) is 0 Å². The molecule has 86 valence electrons. The maximum atomic E-state index is 13.3. The molecule has 0 saturated carbocycles. The van der Waals surface area contributed by atoms with Gasteiger partial charge in [-0.3, -0.25) is 4.79 Å². The van der Waals surface area contributed by atoms with Gasteiger partial charge in [-0.2, -0.15) is 0 Å². The van der Waals surface area contributed by atoms with Crippen LogP contribution in [-0.2, 0) is 9.59 Å². The zero-order chi connectivity index (χ0) is 12.3. The molecule has 0 aromatic heterocycles. The largest absolute Gasteiger partial charge is 0.479 e. The van der Waals surface area contributed by atoms with E-state index in [4.69, 9.17) is 5.11 Å². The Hall–Kier alpha value is -1.98. The van der Waals surface area contributed by atoms with Crippen LogP contribution in [0.5, 0.6) is 0 Å². The van der Waals surface area contributed by atoms with E-state index in [9.17, 15) is 18.4 Å². The molecule has 0 aliphatic heterocycles. The van der Waals surface area contributed by atoms with Crippen molar-refractivity contribution in [1.82, 2.24) is 5.32 Å². The van der Waals surface area contributed by atoms with Crippen molar-refractivity contribution in [3.8, 4) is 0 Å². The fourth-order valence-electron chi connectivity index (χ4n) is 1.22. The minimum absolute atomic E-state index is 0.414. The van der Waals surface area contributed by atoms with Crippen LogP contribution in [0.1, 0.15) is 18.5 Å². The number of carboxylic acid groups (broad SMARTS) is 1. The fourth-order valence-corrected chi connectivity index (χ4v) is 1.22. The van der Waals surface area contributed by atoms with E-state index in [0.717, 1.165) is 19.1 Å². The number of aliphatic carboxylic acids is 1. The number of hydrogen-bond acceptors (Lipinski definition) is 2. The van der Waals surface area contributed by atoms with Gasteiger partial charge in [0.2, 0.25) is 5.91 Å². The van der Waals surface area contributed by atoms with Crippen molar-refractivity contribution in [2.24, 2.45) is 0 Å². The van der Waals surface area contributed by atoms with Gasteiger partial charge >= 0.3 is 5.97 Å². The van der Waals surface area contributed by atoms with E-state index in [0.29, 0.717) is 0 Å². The molecule has 0 spiro atoms. The first-order valence-corrected chi connectivity index (χ1v) is 4.37. The van der Waals surface area contributed by atoms with Crippen LogP contribution in [0.15, 0.2) is 18.2 Å². The predicted molar refractivity (Wildman–Crippen MR) is 50.6 cm³/mol.